The topological polar surface area (TPSA) is 188 Å². The minimum Gasteiger partial charge on any atom is -0.493 e. The van der Waals surface area contributed by atoms with Gasteiger partial charge in [0, 0.05) is 5.56 Å². The minimum atomic E-state index is -2.10. The molecule has 2 heterocycles. The fourth-order valence-electron chi connectivity index (χ4n) is 4.01. The molecule has 12 nitrogen and oxygen atoms in total. The molecule has 0 aromatic heterocycles. The lowest BCUT2D eigenvalue weighted by molar-refractivity contribution is -0.342. The molecule has 182 valence electrons. The predicted molar refractivity (Wildman–Crippen MR) is 105 cm³/mol. The molecular formula is C20H30O12. The number of aliphatic hydroxyl groups excluding tert-OH is 6. The Labute approximate surface area is 184 Å². The summed E-state index contributed by atoms with van der Waals surface area (Å²) in [6.45, 7) is 0.990. The van der Waals surface area contributed by atoms with E-state index < -0.39 is 67.5 Å². The second-order valence-electron chi connectivity index (χ2n) is 7.82. The molecule has 0 unspecified atom stereocenters. The molecule has 7 N–H and O–H groups in total. The Bertz CT molecular complexity index is 777. The first kappa shape index (κ1) is 25.1. The van der Waals surface area contributed by atoms with E-state index in [1.165, 1.54) is 27.2 Å². The highest BCUT2D eigenvalue weighted by molar-refractivity contribution is 5.50. The first-order valence-electron chi connectivity index (χ1n) is 10.0. The summed E-state index contributed by atoms with van der Waals surface area (Å²) < 4.78 is 26.6. The second-order valence-corrected chi connectivity index (χ2v) is 7.82. The van der Waals surface area contributed by atoms with E-state index in [-0.39, 0.29) is 11.3 Å². The van der Waals surface area contributed by atoms with Gasteiger partial charge in [0.1, 0.15) is 42.2 Å². The summed E-state index contributed by atoms with van der Waals surface area (Å²) in [5, 5.41) is 71.8. The molecular weight excluding hydrogens is 432 g/mol. The Kier molecular flexibility index (Phi) is 7.62. The first-order chi connectivity index (χ1) is 15.1. The van der Waals surface area contributed by atoms with Gasteiger partial charge in [0.25, 0.3) is 0 Å². The van der Waals surface area contributed by atoms with Gasteiger partial charge in [-0.25, -0.2) is 0 Å². The van der Waals surface area contributed by atoms with E-state index in [2.05, 4.69) is 0 Å². The number of para-hydroxylation sites is 1. The first-order valence-corrected chi connectivity index (χ1v) is 10.0. The highest BCUT2D eigenvalue weighted by Crippen LogP contribution is 2.45. The predicted octanol–water partition coefficient (Wildman–Crippen LogP) is -2.83. The van der Waals surface area contributed by atoms with Crippen molar-refractivity contribution in [2.24, 2.45) is 0 Å². The van der Waals surface area contributed by atoms with Crippen LogP contribution < -0.4 is 9.47 Å². The van der Waals surface area contributed by atoms with E-state index in [9.17, 15) is 35.7 Å². The van der Waals surface area contributed by atoms with Crippen molar-refractivity contribution < 1.29 is 59.4 Å². The molecule has 0 radical (unpaired) electrons. The van der Waals surface area contributed by atoms with Crippen molar-refractivity contribution in [1.82, 2.24) is 0 Å². The van der Waals surface area contributed by atoms with Crippen molar-refractivity contribution in [3.63, 3.8) is 0 Å². The summed E-state index contributed by atoms with van der Waals surface area (Å²) in [6, 6.07) is 4.68. The van der Waals surface area contributed by atoms with E-state index in [4.69, 9.17) is 23.7 Å². The summed E-state index contributed by atoms with van der Waals surface area (Å²) in [5.74, 6) is 0.451. The van der Waals surface area contributed by atoms with Crippen molar-refractivity contribution in [3.8, 4) is 11.5 Å². The third-order valence-electron chi connectivity index (χ3n) is 5.96. The summed E-state index contributed by atoms with van der Waals surface area (Å²) >= 11 is 0. The molecule has 3 rings (SSSR count). The van der Waals surface area contributed by atoms with Gasteiger partial charge in [0.2, 0.25) is 0 Å². The standard InChI is InChI=1S/C20H30O12/c1-8-20(27,9-5-4-6-10(28-2)16(9)29-3)17(25)15(24)19(31-8)30-7-11-12(21)13(22)14(23)18(26)32-11/h4-6,8,11-15,17-19,21-27H,7H2,1-3H3/t8-,11+,12+,13-,14+,15+,17-,18+,19+,20+/m0/s1. The normalized spacial score (nSPS) is 42.5. The van der Waals surface area contributed by atoms with Crippen LogP contribution in [0.3, 0.4) is 0 Å². The number of benzene rings is 1. The van der Waals surface area contributed by atoms with Crippen LogP contribution in [-0.2, 0) is 19.8 Å². The van der Waals surface area contributed by atoms with Crippen LogP contribution in [0.1, 0.15) is 12.5 Å². The molecule has 1 aromatic carbocycles. The number of rotatable bonds is 6. The van der Waals surface area contributed by atoms with Crippen LogP contribution in [0.4, 0.5) is 0 Å². The third-order valence-corrected chi connectivity index (χ3v) is 5.96. The SMILES string of the molecule is COc1cccc([C@]2(O)[C@H](C)O[C@@H](OC[C@H]3O[C@@H](O)[C@H](O)[C@@H](O)[C@@H]3O)[C@H](O)[C@@H]2O)c1OC. The Morgan fingerprint density at radius 1 is 0.906 bits per heavy atom. The van der Waals surface area contributed by atoms with E-state index >= 15 is 0 Å². The number of hydrogen-bond acceptors (Lipinski definition) is 12. The molecule has 0 aliphatic carbocycles. The van der Waals surface area contributed by atoms with Gasteiger partial charge >= 0.3 is 0 Å². The number of methoxy groups -OCH3 is 2. The van der Waals surface area contributed by atoms with Gasteiger partial charge in [-0.15, -0.1) is 0 Å². The fourth-order valence-corrected chi connectivity index (χ4v) is 4.01. The average Bonchev–Trinajstić information content (AvgIpc) is 2.79. The molecule has 1 aromatic rings. The molecule has 2 aliphatic heterocycles. The molecule has 0 amide bonds. The van der Waals surface area contributed by atoms with Crippen LogP contribution >= 0.6 is 0 Å². The van der Waals surface area contributed by atoms with Crippen LogP contribution in [0, 0.1) is 0 Å². The van der Waals surface area contributed by atoms with Crippen molar-refractivity contribution in [2.75, 3.05) is 20.8 Å². The molecule has 0 saturated carbocycles. The molecule has 10 atom stereocenters. The van der Waals surface area contributed by atoms with Gasteiger partial charge in [-0.05, 0) is 13.0 Å². The largest absolute Gasteiger partial charge is 0.493 e. The Morgan fingerprint density at radius 2 is 1.59 bits per heavy atom. The molecule has 2 fully saturated rings. The molecule has 32 heavy (non-hydrogen) atoms. The van der Waals surface area contributed by atoms with E-state index in [1.54, 1.807) is 12.1 Å². The van der Waals surface area contributed by atoms with Crippen LogP contribution in [0.25, 0.3) is 0 Å². The lowest BCUT2D eigenvalue weighted by atomic mass is 9.78. The smallest absolute Gasteiger partial charge is 0.186 e. The molecule has 2 aliphatic rings. The average molecular weight is 462 g/mol. The van der Waals surface area contributed by atoms with Crippen LogP contribution in [0.15, 0.2) is 18.2 Å². The Hall–Kier alpha value is -1.58. The van der Waals surface area contributed by atoms with Crippen LogP contribution in [-0.4, -0.2) is 112 Å². The highest BCUT2D eigenvalue weighted by atomic mass is 16.7. The molecule has 0 spiro atoms. The lowest BCUT2D eigenvalue weighted by Crippen LogP contribution is -2.64. The zero-order valence-corrected chi connectivity index (χ0v) is 17.8. The van der Waals surface area contributed by atoms with Crippen molar-refractivity contribution in [2.45, 2.75) is 67.8 Å². The zero-order valence-electron chi connectivity index (χ0n) is 17.8. The minimum absolute atomic E-state index is 0.128. The fraction of sp³-hybridized carbons (Fsp3) is 0.700. The van der Waals surface area contributed by atoms with Crippen molar-refractivity contribution >= 4 is 0 Å². The summed E-state index contributed by atoms with van der Waals surface area (Å²) in [6.07, 6.45) is -14.1. The molecule has 12 heteroatoms. The summed E-state index contributed by atoms with van der Waals surface area (Å²) in [7, 11) is 2.78. The van der Waals surface area contributed by atoms with E-state index in [0.717, 1.165) is 0 Å². The maximum atomic E-state index is 11.4. The summed E-state index contributed by atoms with van der Waals surface area (Å²) in [4.78, 5) is 0. The highest BCUT2D eigenvalue weighted by Gasteiger charge is 2.56. The quantitative estimate of drug-likeness (QED) is 0.230. The maximum Gasteiger partial charge on any atom is 0.186 e. The van der Waals surface area contributed by atoms with Crippen LogP contribution in [0.2, 0.25) is 0 Å². The van der Waals surface area contributed by atoms with Gasteiger partial charge in [0.05, 0.1) is 26.9 Å². The second kappa shape index (κ2) is 9.73. The number of ether oxygens (including phenoxy) is 5. The van der Waals surface area contributed by atoms with E-state index in [0.29, 0.717) is 5.75 Å². The van der Waals surface area contributed by atoms with Gasteiger partial charge in [-0.2, -0.15) is 0 Å². The van der Waals surface area contributed by atoms with Crippen molar-refractivity contribution in [1.29, 1.82) is 0 Å². The monoisotopic (exact) mass is 462 g/mol. The van der Waals surface area contributed by atoms with Gasteiger partial charge in [-0.3, -0.25) is 0 Å². The van der Waals surface area contributed by atoms with Gasteiger partial charge < -0.3 is 59.4 Å². The van der Waals surface area contributed by atoms with Crippen molar-refractivity contribution in [3.05, 3.63) is 23.8 Å². The molecule has 0 bridgehead atoms. The third kappa shape index (κ3) is 4.19. The van der Waals surface area contributed by atoms with Gasteiger partial charge in [0.15, 0.2) is 24.1 Å². The maximum absolute atomic E-state index is 11.4. The Morgan fingerprint density at radius 3 is 2.22 bits per heavy atom. The Balaban J connectivity index is 1.77. The lowest BCUT2D eigenvalue weighted by Gasteiger charge is -2.48. The van der Waals surface area contributed by atoms with E-state index in [1.807, 2.05) is 0 Å². The number of hydrogen-bond donors (Lipinski definition) is 7. The van der Waals surface area contributed by atoms with Gasteiger partial charge in [-0.1, -0.05) is 12.1 Å². The van der Waals surface area contributed by atoms with Crippen LogP contribution in [0.5, 0.6) is 11.5 Å². The molecule has 2 saturated heterocycles. The summed E-state index contributed by atoms with van der Waals surface area (Å²) in [5.41, 5.74) is -1.97. The zero-order chi connectivity index (χ0) is 23.8. The number of aliphatic hydroxyl groups is 7.